The van der Waals surface area contributed by atoms with Crippen LogP contribution in [0.25, 0.3) is 0 Å². The highest BCUT2D eigenvalue weighted by Gasteiger charge is 1.92. The monoisotopic (exact) mass is 294 g/mol. The van der Waals surface area contributed by atoms with Gasteiger partial charge in [0.05, 0.1) is 7.11 Å². The van der Waals surface area contributed by atoms with E-state index < -0.39 is 0 Å². The fourth-order valence-electron chi connectivity index (χ4n) is 2.30. The number of hydrogen-bond acceptors (Lipinski definition) is 2. The van der Waals surface area contributed by atoms with Crippen LogP contribution in [0.5, 0.6) is 0 Å². The maximum Gasteiger partial charge on any atom is 0.330 e. The molecule has 0 aliphatic heterocycles. The van der Waals surface area contributed by atoms with Gasteiger partial charge in [-0.15, -0.1) is 0 Å². The summed E-state index contributed by atoms with van der Waals surface area (Å²) >= 11 is 0. The van der Waals surface area contributed by atoms with Gasteiger partial charge in [0.2, 0.25) is 0 Å². The van der Waals surface area contributed by atoms with Gasteiger partial charge in [-0.2, -0.15) is 0 Å². The van der Waals surface area contributed by atoms with Crippen LogP contribution in [0.15, 0.2) is 24.3 Å². The smallest absolute Gasteiger partial charge is 0.330 e. The summed E-state index contributed by atoms with van der Waals surface area (Å²) in [4.78, 5) is 10.8. The molecule has 0 unspecified atom stereocenters. The first-order valence-corrected chi connectivity index (χ1v) is 8.72. The van der Waals surface area contributed by atoms with Crippen LogP contribution in [0.3, 0.4) is 0 Å². The largest absolute Gasteiger partial charge is 0.466 e. The Morgan fingerprint density at radius 1 is 0.810 bits per heavy atom. The van der Waals surface area contributed by atoms with Crippen molar-refractivity contribution in [1.29, 1.82) is 0 Å². The molecule has 0 rings (SSSR count). The molecule has 0 saturated heterocycles. The van der Waals surface area contributed by atoms with E-state index in [1.54, 1.807) is 6.08 Å². The van der Waals surface area contributed by atoms with Gasteiger partial charge in [0.25, 0.3) is 0 Å². The maximum atomic E-state index is 10.8. The zero-order chi connectivity index (χ0) is 15.6. The molecule has 0 radical (unpaired) electrons. The molecule has 0 aromatic rings. The van der Waals surface area contributed by atoms with Crippen LogP contribution in [-0.4, -0.2) is 13.1 Å². The fourth-order valence-corrected chi connectivity index (χ4v) is 2.30. The Kier molecular flexibility index (Phi) is 16.2. The lowest BCUT2D eigenvalue weighted by molar-refractivity contribution is -0.134. The van der Waals surface area contributed by atoms with Gasteiger partial charge in [-0.05, 0) is 12.8 Å². The Morgan fingerprint density at radius 3 is 1.86 bits per heavy atom. The van der Waals surface area contributed by atoms with Crippen LogP contribution < -0.4 is 0 Å². The van der Waals surface area contributed by atoms with Crippen molar-refractivity contribution < 1.29 is 9.53 Å². The van der Waals surface area contributed by atoms with Gasteiger partial charge >= 0.3 is 5.97 Å². The predicted molar refractivity (Wildman–Crippen MR) is 91.4 cm³/mol. The SMILES string of the molecule is CCCCCCCCCCCCC/C=C\C=CC(=O)OC. The summed E-state index contributed by atoms with van der Waals surface area (Å²) in [5.41, 5.74) is 0. The van der Waals surface area contributed by atoms with Gasteiger partial charge in [0.1, 0.15) is 0 Å². The maximum absolute atomic E-state index is 10.8. The number of hydrogen-bond donors (Lipinski definition) is 0. The van der Waals surface area contributed by atoms with Crippen LogP contribution >= 0.6 is 0 Å². The third-order valence-electron chi connectivity index (χ3n) is 3.66. The standard InChI is InChI=1S/C19H34O2/c1-3-4-5-6-7-8-9-10-11-12-13-14-15-16-17-18-19(20)21-2/h15-18H,3-14H2,1-2H3/b16-15-,18-17?. The van der Waals surface area contributed by atoms with Crippen molar-refractivity contribution in [3.63, 3.8) is 0 Å². The van der Waals surface area contributed by atoms with Gasteiger partial charge in [-0.3, -0.25) is 0 Å². The molecule has 122 valence electrons. The van der Waals surface area contributed by atoms with Crippen molar-refractivity contribution >= 4 is 5.97 Å². The van der Waals surface area contributed by atoms with E-state index in [2.05, 4.69) is 17.7 Å². The zero-order valence-electron chi connectivity index (χ0n) is 14.1. The second kappa shape index (κ2) is 17.0. The van der Waals surface area contributed by atoms with Crippen molar-refractivity contribution in [1.82, 2.24) is 0 Å². The molecule has 0 heterocycles. The number of ether oxygens (including phenoxy) is 1. The van der Waals surface area contributed by atoms with Crippen molar-refractivity contribution in [2.75, 3.05) is 7.11 Å². The highest BCUT2D eigenvalue weighted by atomic mass is 16.5. The second-order valence-corrected chi connectivity index (χ2v) is 5.63. The van der Waals surface area contributed by atoms with Crippen molar-refractivity contribution in [3.05, 3.63) is 24.3 Å². The molecular formula is C19H34O2. The van der Waals surface area contributed by atoms with Crippen LogP contribution in [0.4, 0.5) is 0 Å². The lowest BCUT2D eigenvalue weighted by Crippen LogP contribution is -1.92. The minimum Gasteiger partial charge on any atom is -0.466 e. The minimum atomic E-state index is -0.297. The topological polar surface area (TPSA) is 26.3 Å². The summed E-state index contributed by atoms with van der Waals surface area (Å²) in [5, 5.41) is 0. The molecule has 0 aliphatic carbocycles. The molecule has 0 atom stereocenters. The first kappa shape index (κ1) is 19.9. The van der Waals surface area contributed by atoms with E-state index in [1.807, 2.05) is 6.08 Å². The molecule has 0 spiro atoms. The Hall–Kier alpha value is -1.05. The van der Waals surface area contributed by atoms with E-state index in [-0.39, 0.29) is 5.97 Å². The third kappa shape index (κ3) is 16.9. The molecule has 2 heteroatoms. The first-order valence-electron chi connectivity index (χ1n) is 8.72. The number of esters is 1. The zero-order valence-corrected chi connectivity index (χ0v) is 14.1. The van der Waals surface area contributed by atoms with Gasteiger partial charge in [-0.25, -0.2) is 4.79 Å². The molecule has 0 fully saturated rings. The summed E-state index contributed by atoms with van der Waals surface area (Å²) in [6, 6.07) is 0. The Labute approximate surface area is 131 Å². The Bertz CT molecular complexity index is 279. The predicted octanol–water partition coefficient (Wildman–Crippen LogP) is 5.97. The highest BCUT2D eigenvalue weighted by molar-refractivity contribution is 5.82. The summed E-state index contributed by atoms with van der Waals surface area (Å²) in [6.07, 6.45) is 23.5. The molecule has 0 amide bonds. The fraction of sp³-hybridized carbons (Fsp3) is 0.737. The van der Waals surface area contributed by atoms with E-state index >= 15 is 0 Å². The molecular weight excluding hydrogens is 260 g/mol. The van der Waals surface area contributed by atoms with Gasteiger partial charge in [-0.1, -0.05) is 89.4 Å². The average Bonchev–Trinajstić information content (AvgIpc) is 2.50. The van der Waals surface area contributed by atoms with Crippen molar-refractivity contribution in [3.8, 4) is 0 Å². The molecule has 0 aliphatic rings. The summed E-state index contributed by atoms with van der Waals surface area (Å²) in [5.74, 6) is -0.297. The Balaban J connectivity index is 3.17. The van der Waals surface area contributed by atoms with E-state index in [4.69, 9.17) is 0 Å². The number of carbonyl (C=O) groups is 1. The lowest BCUT2D eigenvalue weighted by Gasteiger charge is -2.01. The molecule has 2 nitrogen and oxygen atoms in total. The molecule has 21 heavy (non-hydrogen) atoms. The molecule has 0 aromatic heterocycles. The quantitative estimate of drug-likeness (QED) is 0.171. The second-order valence-electron chi connectivity index (χ2n) is 5.63. The van der Waals surface area contributed by atoms with Gasteiger partial charge in [0.15, 0.2) is 0 Å². The van der Waals surface area contributed by atoms with Crippen LogP contribution in [0.1, 0.15) is 84.0 Å². The van der Waals surface area contributed by atoms with E-state index in [1.165, 1.54) is 83.8 Å². The number of rotatable bonds is 14. The van der Waals surface area contributed by atoms with E-state index in [9.17, 15) is 4.79 Å². The van der Waals surface area contributed by atoms with Gasteiger partial charge in [0, 0.05) is 6.08 Å². The summed E-state index contributed by atoms with van der Waals surface area (Å²) < 4.78 is 4.51. The number of methoxy groups -OCH3 is 1. The average molecular weight is 294 g/mol. The molecule has 0 saturated carbocycles. The highest BCUT2D eigenvalue weighted by Crippen LogP contribution is 2.11. The number of carbonyl (C=O) groups excluding carboxylic acids is 1. The molecule has 0 aromatic carbocycles. The summed E-state index contributed by atoms with van der Waals surface area (Å²) in [6.45, 7) is 2.27. The van der Waals surface area contributed by atoms with E-state index in [0.29, 0.717) is 0 Å². The summed E-state index contributed by atoms with van der Waals surface area (Å²) in [7, 11) is 1.39. The number of unbranched alkanes of at least 4 members (excludes halogenated alkanes) is 11. The van der Waals surface area contributed by atoms with Crippen molar-refractivity contribution in [2.45, 2.75) is 84.0 Å². The minimum absolute atomic E-state index is 0.297. The number of allylic oxidation sites excluding steroid dienone is 3. The van der Waals surface area contributed by atoms with Crippen molar-refractivity contribution in [2.24, 2.45) is 0 Å². The normalized spacial score (nSPS) is 11.5. The van der Waals surface area contributed by atoms with Crippen LogP contribution in [-0.2, 0) is 9.53 Å². The van der Waals surface area contributed by atoms with Gasteiger partial charge < -0.3 is 4.74 Å². The van der Waals surface area contributed by atoms with E-state index in [0.717, 1.165) is 6.42 Å². The molecule has 0 bridgehead atoms. The first-order chi connectivity index (χ1) is 10.3. The van der Waals surface area contributed by atoms with Crippen LogP contribution in [0, 0.1) is 0 Å². The van der Waals surface area contributed by atoms with Crippen LogP contribution in [0.2, 0.25) is 0 Å². The molecule has 0 N–H and O–H groups in total. The third-order valence-corrected chi connectivity index (χ3v) is 3.66. The lowest BCUT2D eigenvalue weighted by atomic mass is 10.1. The Morgan fingerprint density at radius 2 is 1.33 bits per heavy atom.